The molecule has 3 aromatic rings. The standard InChI is InChI=1S/C26H21F3N2OS/c27-26(28,29)20-14-8-7-13-19(20)25(15-16-25)24(32)31-23-21(17-9-3-1-4-10-17)30-22(33-23)18-11-5-2-6-12-18/h1-14,22,30H,15-16H2,(H,31,32). The maximum Gasteiger partial charge on any atom is 0.416 e. The molecule has 1 fully saturated rings. The van der Waals surface area contributed by atoms with Gasteiger partial charge in [-0.05, 0) is 30.0 Å². The number of hydrogen-bond donors (Lipinski definition) is 2. The lowest BCUT2D eigenvalue weighted by atomic mass is 9.90. The van der Waals surface area contributed by atoms with Crippen molar-refractivity contribution < 1.29 is 18.0 Å². The highest BCUT2D eigenvalue weighted by molar-refractivity contribution is 8.03. The summed E-state index contributed by atoms with van der Waals surface area (Å²) in [6, 6.07) is 24.8. The Morgan fingerprint density at radius 2 is 1.52 bits per heavy atom. The molecule has 0 spiro atoms. The van der Waals surface area contributed by atoms with Gasteiger partial charge >= 0.3 is 6.18 Å². The number of carbonyl (C=O) groups is 1. The quantitative estimate of drug-likeness (QED) is 0.469. The summed E-state index contributed by atoms with van der Waals surface area (Å²) in [5.41, 5.74) is 0.860. The van der Waals surface area contributed by atoms with E-state index in [0.717, 1.165) is 22.9 Å². The number of alkyl halides is 3. The first-order chi connectivity index (χ1) is 15.9. The van der Waals surface area contributed by atoms with Gasteiger partial charge in [0.05, 0.1) is 16.7 Å². The largest absolute Gasteiger partial charge is 0.416 e. The number of amides is 1. The number of halogens is 3. The van der Waals surface area contributed by atoms with E-state index in [1.165, 1.54) is 23.9 Å². The summed E-state index contributed by atoms with van der Waals surface area (Å²) in [7, 11) is 0. The molecule has 5 rings (SSSR count). The van der Waals surface area contributed by atoms with Gasteiger partial charge in [0.25, 0.3) is 0 Å². The van der Waals surface area contributed by atoms with Crippen LogP contribution in [0.15, 0.2) is 90.0 Å². The van der Waals surface area contributed by atoms with Gasteiger partial charge in [0.15, 0.2) is 0 Å². The lowest BCUT2D eigenvalue weighted by molar-refractivity contribution is -0.138. The molecule has 2 N–H and O–H groups in total. The van der Waals surface area contributed by atoms with Crippen LogP contribution in [0.1, 0.15) is 40.5 Å². The molecular weight excluding hydrogens is 445 g/mol. The molecule has 3 nitrogen and oxygen atoms in total. The Morgan fingerprint density at radius 3 is 2.15 bits per heavy atom. The summed E-state index contributed by atoms with van der Waals surface area (Å²) >= 11 is 1.46. The molecule has 2 aliphatic rings. The molecule has 33 heavy (non-hydrogen) atoms. The Balaban J connectivity index is 1.47. The minimum atomic E-state index is -4.51. The Hall–Kier alpha value is -3.19. The minimum absolute atomic E-state index is 0.0485. The van der Waals surface area contributed by atoms with Crippen LogP contribution in [0.25, 0.3) is 5.70 Å². The molecule has 1 heterocycles. The first kappa shape index (κ1) is 21.6. The van der Waals surface area contributed by atoms with Gasteiger partial charge in [0.1, 0.15) is 10.4 Å². The van der Waals surface area contributed by atoms with E-state index in [1.54, 1.807) is 6.07 Å². The van der Waals surface area contributed by atoms with E-state index in [2.05, 4.69) is 10.6 Å². The molecule has 1 atom stereocenters. The molecule has 0 saturated heterocycles. The van der Waals surface area contributed by atoms with Gasteiger partial charge in [0.2, 0.25) is 5.91 Å². The summed E-state index contributed by atoms with van der Waals surface area (Å²) < 4.78 is 40.9. The molecule has 1 amide bonds. The van der Waals surface area contributed by atoms with Gasteiger partial charge < -0.3 is 10.6 Å². The van der Waals surface area contributed by atoms with Gasteiger partial charge in [-0.1, -0.05) is 90.6 Å². The van der Waals surface area contributed by atoms with Crippen molar-refractivity contribution in [1.82, 2.24) is 10.6 Å². The zero-order valence-electron chi connectivity index (χ0n) is 17.5. The lowest BCUT2D eigenvalue weighted by Crippen LogP contribution is -2.35. The Labute approximate surface area is 194 Å². The minimum Gasteiger partial charge on any atom is -0.367 e. The third-order valence-corrected chi connectivity index (χ3v) is 7.23. The van der Waals surface area contributed by atoms with Gasteiger partial charge in [-0.25, -0.2) is 0 Å². The number of hydrogen-bond acceptors (Lipinski definition) is 3. The van der Waals surface area contributed by atoms with Crippen LogP contribution in [0.2, 0.25) is 0 Å². The second-order valence-electron chi connectivity index (χ2n) is 8.20. The predicted molar refractivity (Wildman–Crippen MR) is 124 cm³/mol. The molecule has 1 aliphatic heterocycles. The summed E-state index contributed by atoms with van der Waals surface area (Å²) in [5.74, 6) is -0.398. The fraction of sp³-hybridized carbons (Fsp3) is 0.192. The highest BCUT2D eigenvalue weighted by Gasteiger charge is 2.55. The van der Waals surface area contributed by atoms with Crippen molar-refractivity contribution in [2.45, 2.75) is 29.8 Å². The van der Waals surface area contributed by atoms with E-state index in [-0.39, 0.29) is 10.9 Å². The first-order valence-electron chi connectivity index (χ1n) is 10.6. The summed E-state index contributed by atoms with van der Waals surface area (Å²) in [4.78, 5) is 13.4. The predicted octanol–water partition coefficient (Wildman–Crippen LogP) is 6.21. The second kappa shape index (κ2) is 8.30. The van der Waals surface area contributed by atoms with Crippen LogP contribution in [0.3, 0.4) is 0 Å². The van der Waals surface area contributed by atoms with Crippen LogP contribution < -0.4 is 10.6 Å². The summed E-state index contributed by atoms with van der Waals surface area (Å²) in [6.45, 7) is 0. The first-order valence-corrected chi connectivity index (χ1v) is 11.5. The zero-order chi connectivity index (χ0) is 23.1. The van der Waals surface area contributed by atoms with Crippen LogP contribution >= 0.6 is 11.8 Å². The van der Waals surface area contributed by atoms with Crippen molar-refractivity contribution in [1.29, 1.82) is 0 Å². The molecule has 0 radical (unpaired) electrons. The van der Waals surface area contributed by atoms with Crippen LogP contribution in [-0.4, -0.2) is 5.91 Å². The number of benzene rings is 3. The third kappa shape index (κ3) is 4.13. The van der Waals surface area contributed by atoms with Crippen LogP contribution in [0.4, 0.5) is 13.2 Å². The second-order valence-corrected chi connectivity index (χ2v) is 9.32. The fourth-order valence-electron chi connectivity index (χ4n) is 4.21. The van der Waals surface area contributed by atoms with E-state index in [9.17, 15) is 18.0 Å². The van der Waals surface area contributed by atoms with Crippen molar-refractivity contribution in [3.8, 4) is 0 Å². The van der Waals surface area contributed by atoms with E-state index in [0.29, 0.717) is 17.9 Å². The zero-order valence-corrected chi connectivity index (χ0v) is 18.3. The molecule has 0 bridgehead atoms. The Morgan fingerprint density at radius 1 is 0.909 bits per heavy atom. The normalized spacial score (nSPS) is 19.2. The van der Waals surface area contributed by atoms with Gasteiger partial charge in [0, 0.05) is 5.56 Å². The van der Waals surface area contributed by atoms with Crippen LogP contribution in [0.5, 0.6) is 0 Å². The molecule has 3 aromatic carbocycles. The molecule has 168 valence electrons. The van der Waals surface area contributed by atoms with Crippen molar-refractivity contribution in [2.24, 2.45) is 0 Å². The highest BCUT2D eigenvalue weighted by atomic mass is 32.2. The van der Waals surface area contributed by atoms with E-state index < -0.39 is 23.1 Å². The van der Waals surface area contributed by atoms with Crippen molar-refractivity contribution in [2.75, 3.05) is 0 Å². The number of nitrogens with one attached hydrogen (secondary N) is 2. The molecule has 1 aliphatic carbocycles. The number of carbonyl (C=O) groups excluding carboxylic acids is 1. The van der Waals surface area contributed by atoms with E-state index in [1.807, 2.05) is 60.7 Å². The Kier molecular flexibility index (Phi) is 5.44. The monoisotopic (exact) mass is 466 g/mol. The highest BCUT2D eigenvalue weighted by Crippen LogP contribution is 2.53. The molecule has 1 saturated carbocycles. The molecule has 1 unspecified atom stereocenters. The average Bonchev–Trinajstić information content (AvgIpc) is 3.54. The van der Waals surface area contributed by atoms with E-state index in [4.69, 9.17) is 0 Å². The van der Waals surface area contributed by atoms with Gasteiger partial charge in [-0.3, -0.25) is 4.79 Å². The van der Waals surface area contributed by atoms with E-state index >= 15 is 0 Å². The smallest absolute Gasteiger partial charge is 0.367 e. The van der Waals surface area contributed by atoms with Crippen molar-refractivity contribution >= 4 is 23.4 Å². The van der Waals surface area contributed by atoms with Crippen molar-refractivity contribution in [3.05, 3.63) is 112 Å². The molecular formula is C26H21F3N2OS. The van der Waals surface area contributed by atoms with Crippen LogP contribution in [0, 0.1) is 0 Å². The fourth-order valence-corrected chi connectivity index (χ4v) is 5.36. The Bertz CT molecular complexity index is 1200. The average molecular weight is 467 g/mol. The van der Waals surface area contributed by atoms with Gasteiger partial charge in [-0.15, -0.1) is 0 Å². The molecule has 7 heteroatoms. The third-order valence-electron chi connectivity index (χ3n) is 6.06. The lowest BCUT2D eigenvalue weighted by Gasteiger charge is -2.21. The maximum atomic E-state index is 13.6. The maximum absolute atomic E-state index is 13.6. The number of rotatable bonds is 5. The van der Waals surface area contributed by atoms with Crippen molar-refractivity contribution in [3.63, 3.8) is 0 Å². The summed E-state index contributed by atoms with van der Waals surface area (Å²) in [6.07, 6.45) is -3.73. The number of thioether (sulfide) groups is 1. The van der Waals surface area contributed by atoms with Crippen LogP contribution in [-0.2, 0) is 16.4 Å². The molecule has 0 aromatic heterocycles. The topological polar surface area (TPSA) is 41.1 Å². The van der Waals surface area contributed by atoms with Gasteiger partial charge in [-0.2, -0.15) is 13.2 Å². The SMILES string of the molecule is O=C(NC1=C(c2ccccc2)NC(c2ccccc2)S1)C1(c2ccccc2C(F)(F)F)CC1. The summed E-state index contributed by atoms with van der Waals surface area (Å²) in [5, 5.41) is 6.96.